The molecule has 0 unspecified atom stereocenters. The van der Waals surface area contributed by atoms with Crippen LogP contribution in [0.25, 0.3) is 17.0 Å². The Balaban J connectivity index is 2.41. The van der Waals surface area contributed by atoms with Crippen LogP contribution in [0.15, 0.2) is 24.3 Å². The molecule has 0 saturated carbocycles. The van der Waals surface area contributed by atoms with E-state index < -0.39 is 5.97 Å². The van der Waals surface area contributed by atoms with Gasteiger partial charge in [-0.25, -0.2) is 4.79 Å². The quantitative estimate of drug-likeness (QED) is 0.745. The van der Waals surface area contributed by atoms with Crippen molar-refractivity contribution in [3.63, 3.8) is 0 Å². The van der Waals surface area contributed by atoms with Gasteiger partial charge in [0.1, 0.15) is 0 Å². The highest BCUT2D eigenvalue weighted by Crippen LogP contribution is 2.18. The van der Waals surface area contributed by atoms with Crippen LogP contribution in [0.1, 0.15) is 22.5 Å². The van der Waals surface area contributed by atoms with E-state index in [1.807, 2.05) is 24.3 Å². The van der Waals surface area contributed by atoms with Crippen LogP contribution in [0.2, 0.25) is 0 Å². The minimum atomic E-state index is -1.03. The van der Waals surface area contributed by atoms with E-state index in [1.54, 1.807) is 6.07 Å². The van der Waals surface area contributed by atoms with E-state index in [9.17, 15) is 4.79 Å². The monoisotopic (exact) mass is 231 g/mol. The Kier molecular flexibility index (Phi) is 3.20. The molecule has 0 fully saturated rings. The van der Waals surface area contributed by atoms with E-state index in [-0.39, 0.29) is 5.69 Å². The summed E-state index contributed by atoms with van der Waals surface area (Å²) >= 11 is 0. The average molecular weight is 231 g/mol. The number of carboxylic acids is 1. The van der Waals surface area contributed by atoms with Gasteiger partial charge in [0.15, 0.2) is 5.69 Å². The maximum atomic E-state index is 10.9. The van der Waals surface area contributed by atoms with Gasteiger partial charge in [0, 0.05) is 5.39 Å². The van der Waals surface area contributed by atoms with Crippen LogP contribution in [-0.2, 0) is 0 Å². The summed E-state index contributed by atoms with van der Waals surface area (Å²) in [6.07, 6.45) is 4.68. The predicted molar refractivity (Wildman–Crippen MR) is 65.8 cm³/mol. The molecule has 0 aliphatic heterocycles. The zero-order valence-electron chi connectivity index (χ0n) is 9.18. The smallest absolute Gasteiger partial charge is 0.357 e. The number of carboxylic acid groups (broad SMARTS) is 1. The standard InChI is InChI=1S/C12H13N3O2/c13-6-2-1-3-8-4-5-10-9(7-8)11(12(16)17)15-14-10/h1,3-5,7H,2,6,13H2,(H,14,15)(H,16,17). The third-order valence-electron chi connectivity index (χ3n) is 2.43. The number of aromatic carboxylic acids is 1. The molecule has 0 saturated heterocycles. The fourth-order valence-corrected chi connectivity index (χ4v) is 1.61. The minimum absolute atomic E-state index is 0.0501. The largest absolute Gasteiger partial charge is 0.476 e. The first-order chi connectivity index (χ1) is 8.22. The first kappa shape index (κ1) is 11.3. The summed E-state index contributed by atoms with van der Waals surface area (Å²) in [5.41, 5.74) is 7.10. The molecule has 0 aliphatic rings. The Bertz CT molecular complexity index is 572. The van der Waals surface area contributed by atoms with Gasteiger partial charge in [-0.05, 0) is 30.7 Å². The molecule has 1 heterocycles. The Hall–Kier alpha value is -2.14. The highest BCUT2D eigenvalue weighted by atomic mass is 16.4. The van der Waals surface area contributed by atoms with E-state index in [0.29, 0.717) is 11.9 Å². The summed E-state index contributed by atoms with van der Waals surface area (Å²) in [6, 6.07) is 5.52. The molecular formula is C12H13N3O2. The Morgan fingerprint density at radius 1 is 1.53 bits per heavy atom. The number of carbonyl (C=O) groups is 1. The van der Waals surface area contributed by atoms with Gasteiger partial charge in [0.2, 0.25) is 0 Å². The minimum Gasteiger partial charge on any atom is -0.476 e. The molecule has 1 aromatic carbocycles. The van der Waals surface area contributed by atoms with Gasteiger partial charge < -0.3 is 10.8 Å². The maximum absolute atomic E-state index is 10.9. The van der Waals surface area contributed by atoms with Gasteiger partial charge in [-0.3, -0.25) is 5.10 Å². The normalized spacial score (nSPS) is 11.4. The van der Waals surface area contributed by atoms with Crippen molar-refractivity contribution in [3.05, 3.63) is 35.5 Å². The van der Waals surface area contributed by atoms with Crippen molar-refractivity contribution in [2.24, 2.45) is 5.73 Å². The molecule has 0 radical (unpaired) electrons. The number of benzene rings is 1. The molecule has 5 nitrogen and oxygen atoms in total. The molecule has 0 atom stereocenters. The molecule has 0 bridgehead atoms. The van der Waals surface area contributed by atoms with E-state index in [0.717, 1.165) is 17.5 Å². The molecule has 0 spiro atoms. The number of rotatable bonds is 4. The van der Waals surface area contributed by atoms with E-state index >= 15 is 0 Å². The van der Waals surface area contributed by atoms with Gasteiger partial charge in [0.25, 0.3) is 0 Å². The van der Waals surface area contributed by atoms with Crippen LogP contribution >= 0.6 is 0 Å². The second-order valence-electron chi connectivity index (χ2n) is 3.66. The summed E-state index contributed by atoms with van der Waals surface area (Å²) in [5, 5.41) is 16.0. The lowest BCUT2D eigenvalue weighted by Gasteiger charge is -1.95. The zero-order chi connectivity index (χ0) is 12.3. The lowest BCUT2D eigenvalue weighted by Crippen LogP contribution is -1.96. The second kappa shape index (κ2) is 4.80. The fourth-order valence-electron chi connectivity index (χ4n) is 1.61. The van der Waals surface area contributed by atoms with Gasteiger partial charge in [-0.15, -0.1) is 0 Å². The van der Waals surface area contributed by atoms with Gasteiger partial charge in [-0.2, -0.15) is 5.10 Å². The van der Waals surface area contributed by atoms with E-state index in [4.69, 9.17) is 10.8 Å². The summed E-state index contributed by atoms with van der Waals surface area (Å²) in [5.74, 6) is -1.03. The molecule has 2 aromatic rings. The Labute approximate surface area is 97.9 Å². The van der Waals surface area contributed by atoms with Crippen molar-refractivity contribution in [1.82, 2.24) is 10.2 Å². The van der Waals surface area contributed by atoms with E-state index in [2.05, 4.69) is 10.2 Å². The number of nitrogens with two attached hydrogens (primary N) is 1. The van der Waals surface area contributed by atoms with Crippen molar-refractivity contribution in [2.75, 3.05) is 6.54 Å². The molecule has 0 amide bonds. The molecule has 5 heteroatoms. The lowest BCUT2D eigenvalue weighted by atomic mass is 10.1. The van der Waals surface area contributed by atoms with Crippen molar-refractivity contribution >= 4 is 22.9 Å². The molecule has 1 aromatic heterocycles. The molecule has 17 heavy (non-hydrogen) atoms. The molecule has 88 valence electrons. The number of nitrogens with one attached hydrogen (secondary N) is 1. The first-order valence-corrected chi connectivity index (χ1v) is 5.30. The number of nitrogens with zero attached hydrogens (tertiary/aromatic N) is 1. The first-order valence-electron chi connectivity index (χ1n) is 5.30. The topological polar surface area (TPSA) is 92.0 Å². The number of H-pyrrole nitrogens is 1. The number of hydrogen-bond donors (Lipinski definition) is 3. The molecule has 0 aliphatic carbocycles. The number of hydrogen-bond acceptors (Lipinski definition) is 3. The number of aromatic nitrogens is 2. The van der Waals surface area contributed by atoms with E-state index in [1.165, 1.54) is 0 Å². The number of aromatic amines is 1. The molecular weight excluding hydrogens is 218 g/mol. The summed E-state index contributed by atoms with van der Waals surface area (Å²) < 4.78 is 0. The van der Waals surface area contributed by atoms with Gasteiger partial charge >= 0.3 is 5.97 Å². The van der Waals surface area contributed by atoms with Gasteiger partial charge in [-0.1, -0.05) is 18.2 Å². The third-order valence-corrected chi connectivity index (χ3v) is 2.43. The van der Waals surface area contributed by atoms with Crippen LogP contribution in [-0.4, -0.2) is 27.8 Å². The SMILES string of the molecule is NCCC=Cc1ccc2[nH]nc(C(=O)O)c2c1. The van der Waals surface area contributed by atoms with Crippen molar-refractivity contribution in [3.8, 4) is 0 Å². The van der Waals surface area contributed by atoms with Gasteiger partial charge in [0.05, 0.1) is 5.52 Å². The van der Waals surface area contributed by atoms with Crippen LogP contribution < -0.4 is 5.73 Å². The van der Waals surface area contributed by atoms with Crippen molar-refractivity contribution in [2.45, 2.75) is 6.42 Å². The average Bonchev–Trinajstić information content (AvgIpc) is 2.72. The summed E-state index contributed by atoms with van der Waals surface area (Å²) in [6.45, 7) is 0.602. The highest BCUT2D eigenvalue weighted by molar-refractivity contribution is 6.01. The lowest BCUT2D eigenvalue weighted by molar-refractivity contribution is 0.0692. The summed E-state index contributed by atoms with van der Waals surface area (Å²) in [4.78, 5) is 10.9. The van der Waals surface area contributed by atoms with Crippen LogP contribution in [0.4, 0.5) is 0 Å². The van der Waals surface area contributed by atoms with Crippen molar-refractivity contribution in [1.29, 1.82) is 0 Å². The number of fused-ring (bicyclic) bond motifs is 1. The Morgan fingerprint density at radius 2 is 2.35 bits per heavy atom. The highest BCUT2D eigenvalue weighted by Gasteiger charge is 2.12. The van der Waals surface area contributed by atoms with Crippen molar-refractivity contribution < 1.29 is 9.90 Å². The third kappa shape index (κ3) is 2.34. The maximum Gasteiger partial charge on any atom is 0.357 e. The predicted octanol–water partition coefficient (Wildman–Crippen LogP) is 1.62. The van der Waals surface area contributed by atoms with Crippen LogP contribution in [0, 0.1) is 0 Å². The molecule has 4 N–H and O–H groups in total. The zero-order valence-corrected chi connectivity index (χ0v) is 9.18. The fraction of sp³-hybridized carbons (Fsp3) is 0.167. The molecule has 2 rings (SSSR count). The Morgan fingerprint density at radius 3 is 3.06 bits per heavy atom. The van der Waals surface area contributed by atoms with Crippen LogP contribution in [0.5, 0.6) is 0 Å². The second-order valence-corrected chi connectivity index (χ2v) is 3.66. The van der Waals surface area contributed by atoms with Crippen LogP contribution in [0.3, 0.4) is 0 Å². The summed E-state index contributed by atoms with van der Waals surface area (Å²) in [7, 11) is 0.